The van der Waals surface area contributed by atoms with E-state index in [-0.39, 0.29) is 84.9 Å². The molecule has 0 unspecified atom stereocenters. The molecule has 0 heterocycles. The van der Waals surface area contributed by atoms with Crippen molar-refractivity contribution in [3.05, 3.63) is 57.6 Å². The van der Waals surface area contributed by atoms with Gasteiger partial charge in [-0.15, -0.1) is 0 Å². The molecule has 11 nitrogen and oxygen atoms in total. The second-order valence-corrected chi connectivity index (χ2v) is 20.8. The molecule has 0 aliphatic rings. The Kier molecular flexibility index (Phi) is 21.0. The van der Waals surface area contributed by atoms with Gasteiger partial charge in [0, 0.05) is 0 Å². The zero-order valence-electron chi connectivity index (χ0n) is 32.1. The van der Waals surface area contributed by atoms with Crippen LogP contribution in [0.3, 0.4) is 0 Å². The van der Waals surface area contributed by atoms with Gasteiger partial charge in [-0.2, -0.15) is 8.60 Å². The molecular weight excluding hydrogens is 717 g/mol. The summed E-state index contributed by atoms with van der Waals surface area (Å²) in [6, 6.07) is 7.44. The molecule has 0 aromatic heterocycles. The molecule has 2 aromatic carbocycles. The van der Waals surface area contributed by atoms with Crippen LogP contribution in [0.4, 0.5) is 0 Å². The van der Waals surface area contributed by atoms with Crippen molar-refractivity contribution in [2.75, 3.05) is 13.2 Å². The van der Waals surface area contributed by atoms with Crippen molar-refractivity contribution in [1.82, 2.24) is 0 Å². The number of benzene rings is 2. The summed E-state index contributed by atoms with van der Waals surface area (Å²) in [7, 11) is -10.5. The predicted molar refractivity (Wildman–Crippen MR) is 202 cm³/mol. The molecule has 0 atom stereocenters. The quantitative estimate of drug-likeness (QED) is 0.131. The molecule has 0 aliphatic heterocycles. The fourth-order valence-electron chi connectivity index (χ4n) is 4.98. The van der Waals surface area contributed by atoms with Crippen molar-refractivity contribution in [2.45, 2.75) is 131 Å². The van der Waals surface area contributed by atoms with Crippen LogP contribution in [-0.2, 0) is 43.0 Å². The van der Waals surface area contributed by atoms with Crippen molar-refractivity contribution in [3.8, 4) is 11.5 Å². The molecule has 0 aliphatic carbocycles. The number of aromatic hydroxyl groups is 2. The maximum atomic E-state index is 10.6. The van der Waals surface area contributed by atoms with Crippen molar-refractivity contribution in [1.29, 1.82) is 0 Å². The van der Waals surface area contributed by atoms with Gasteiger partial charge in [0.2, 0.25) is 0 Å². The monoisotopic (exact) mass is 780 g/mol. The maximum Gasteiger partial charge on any atom is 2.00 e. The van der Waals surface area contributed by atoms with Crippen LogP contribution in [-0.4, -0.2) is 85.6 Å². The van der Waals surface area contributed by atoms with Gasteiger partial charge in [0.1, 0.15) is 0 Å². The van der Waals surface area contributed by atoms with Crippen LogP contribution < -0.4 is 9.79 Å². The largest absolute Gasteiger partial charge is 2.00 e. The second kappa shape index (κ2) is 20.1. The van der Waals surface area contributed by atoms with E-state index in [4.69, 9.17) is 23.7 Å². The summed E-state index contributed by atoms with van der Waals surface area (Å²) in [5, 5.41) is 21.3. The normalized spacial score (nSPS) is 13.5. The third-order valence-corrected chi connectivity index (χ3v) is 10.4. The number of hydrogen-bond acceptors (Lipinski definition) is 11. The Bertz CT molecular complexity index is 1140. The third kappa shape index (κ3) is 18.7. The summed E-state index contributed by atoms with van der Waals surface area (Å²) in [6.45, 7) is 28.4. The number of rotatable bonds is 8. The summed E-state index contributed by atoms with van der Waals surface area (Å²) in [5.41, 5.74) is 3.90. The van der Waals surface area contributed by atoms with Gasteiger partial charge in [0.05, 0.1) is 0 Å². The first kappa shape index (κ1) is 51.3. The summed E-state index contributed by atoms with van der Waals surface area (Å²) >= 11 is 0. The van der Waals surface area contributed by atoms with Gasteiger partial charge in [0.15, 0.2) is 0 Å². The molecule has 0 saturated carbocycles. The third-order valence-electron chi connectivity index (χ3n) is 7.19. The standard InChI is InChI=1S/2C17H31O4P.Ca.HO3P/c2*1-8-21-22(19,20)11-12-9-13(16(2,3)4)15(18)14(10-12)17(5,6)7;;1-4(2)3/h2*9-10,18-20,22H,8,11H2,1-7H3;;1H/q;;+2;-2. The predicted octanol–water partition coefficient (Wildman–Crippen LogP) is 5.55. The zero-order valence-corrected chi connectivity index (χ0v) is 37.2. The van der Waals surface area contributed by atoms with Crippen LogP contribution in [0.1, 0.15) is 130 Å². The second-order valence-electron chi connectivity index (χ2n) is 16.0. The van der Waals surface area contributed by atoms with E-state index in [1.807, 2.05) is 107 Å². The summed E-state index contributed by atoms with van der Waals surface area (Å²) < 4.78 is 10.2. The van der Waals surface area contributed by atoms with Crippen LogP contribution in [0.25, 0.3) is 0 Å². The van der Waals surface area contributed by atoms with Gasteiger partial charge in [-0.25, -0.2) is 0 Å². The Labute approximate surface area is 326 Å². The minimum absolute atomic E-state index is 0. The molecule has 0 spiro atoms. The van der Waals surface area contributed by atoms with Crippen LogP contribution >= 0.6 is 24.5 Å². The average Bonchev–Trinajstić information content (AvgIpc) is 2.82. The van der Waals surface area contributed by atoms with Gasteiger partial charge in [-0.05, 0) is 0 Å². The van der Waals surface area contributed by atoms with E-state index >= 15 is 0 Å². The molecule has 0 bridgehead atoms. The van der Waals surface area contributed by atoms with Gasteiger partial charge in [0.25, 0.3) is 0 Å². The summed E-state index contributed by atoms with van der Waals surface area (Å²) in [5.74, 6) is 0.589. The Balaban J connectivity index is 0. The van der Waals surface area contributed by atoms with E-state index in [2.05, 4.69) is 0 Å². The summed E-state index contributed by atoms with van der Waals surface area (Å²) in [4.78, 5) is 64.3. The molecule has 7 N–H and O–H groups in total. The van der Waals surface area contributed by atoms with E-state index in [0.29, 0.717) is 11.5 Å². The molecular formula is C34H63CaO11P3. The van der Waals surface area contributed by atoms with Gasteiger partial charge in [-0.3, -0.25) is 0 Å². The first-order chi connectivity index (χ1) is 21.3. The fourth-order valence-corrected chi connectivity index (χ4v) is 7.58. The fraction of sp³-hybridized carbons (Fsp3) is 0.647. The van der Waals surface area contributed by atoms with Crippen LogP contribution in [0, 0.1) is 0 Å². The van der Waals surface area contributed by atoms with Crippen molar-refractivity contribution in [3.63, 3.8) is 0 Å². The van der Waals surface area contributed by atoms with E-state index in [9.17, 15) is 29.8 Å². The Morgan fingerprint density at radius 2 is 0.735 bits per heavy atom. The average molecular weight is 781 g/mol. The number of hydrogen-bond donors (Lipinski definition) is 7. The molecule has 282 valence electrons. The molecule has 0 radical (unpaired) electrons. The molecule has 2 rings (SSSR count). The first-order valence-corrected chi connectivity index (χ1v) is 21.2. The van der Waals surface area contributed by atoms with Crippen LogP contribution in [0.2, 0.25) is 0 Å². The molecule has 0 fully saturated rings. The molecule has 0 saturated heterocycles. The molecule has 0 amide bonds. The smallest absolute Gasteiger partial charge is 0.820 e. The Hall–Kier alpha value is 0.230. The molecule has 15 heteroatoms. The van der Waals surface area contributed by atoms with Crippen LogP contribution in [0.15, 0.2) is 24.3 Å². The SMILES string of the molecule is CCO[PH](O)(O)Cc1cc(C(C)(C)C)c(O)c(C(C)(C)C)c1.CCO[PH](O)(O)Cc1cc(C(C)(C)C)c(O)c(C(C)(C)C)c1.[Ca+2].[O-]P([O-])O. The zero-order chi connectivity index (χ0) is 38.3. The molecule has 49 heavy (non-hydrogen) atoms. The Morgan fingerprint density at radius 1 is 0.551 bits per heavy atom. The van der Waals surface area contributed by atoms with E-state index < -0.39 is 24.5 Å². The summed E-state index contributed by atoms with van der Waals surface area (Å²) in [6.07, 6.45) is 0.181. The van der Waals surface area contributed by atoms with Gasteiger partial charge >= 0.3 is 306 Å². The van der Waals surface area contributed by atoms with E-state index in [1.165, 1.54) is 0 Å². The van der Waals surface area contributed by atoms with E-state index in [1.54, 1.807) is 13.8 Å². The Morgan fingerprint density at radius 3 is 0.878 bits per heavy atom. The molecule has 2 aromatic rings. The van der Waals surface area contributed by atoms with Crippen LogP contribution in [0.5, 0.6) is 11.5 Å². The van der Waals surface area contributed by atoms with Crippen molar-refractivity contribution in [2.24, 2.45) is 0 Å². The number of phenols is 2. The van der Waals surface area contributed by atoms with Crippen molar-refractivity contribution >= 4 is 62.2 Å². The van der Waals surface area contributed by atoms with Crippen molar-refractivity contribution < 1.29 is 53.5 Å². The number of phenolic OH excluding ortho intramolecular Hbond substituents is 2. The first-order valence-electron chi connectivity index (χ1n) is 16.0. The minimum Gasteiger partial charge on any atom is -0.820 e. The maximum absolute atomic E-state index is 10.6. The van der Waals surface area contributed by atoms with Gasteiger partial charge < -0.3 is 14.7 Å². The topological polar surface area (TPSA) is 206 Å². The minimum atomic E-state index is -3.71. The van der Waals surface area contributed by atoms with Gasteiger partial charge in [-0.1, -0.05) is 0 Å². The van der Waals surface area contributed by atoms with E-state index in [0.717, 1.165) is 33.4 Å².